The Balaban J connectivity index is 1.92. The molecule has 0 aliphatic carbocycles. The van der Waals surface area contributed by atoms with Crippen LogP contribution in [0.25, 0.3) is 0 Å². The van der Waals surface area contributed by atoms with Crippen LogP contribution in [0.15, 0.2) is 42.9 Å². The summed E-state index contributed by atoms with van der Waals surface area (Å²) in [5.41, 5.74) is 7.05. The minimum atomic E-state index is -1.03. The number of amides is 2. The lowest BCUT2D eigenvalue weighted by atomic mass is 10.1. The number of carbonyl (C=O) groups is 3. The summed E-state index contributed by atoms with van der Waals surface area (Å²) in [6.07, 6.45) is 3.80. The first-order valence-corrected chi connectivity index (χ1v) is 8.48. The second kappa shape index (κ2) is 10.1. The molecule has 2 amide bonds. The number of nitrogens with one attached hydrogen (secondary N) is 2. The van der Waals surface area contributed by atoms with Gasteiger partial charge in [0.05, 0.1) is 19.4 Å². The molecule has 0 fully saturated rings. The molecule has 1 unspecified atom stereocenters. The number of aromatic amines is 1. The first-order chi connectivity index (χ1) is 12.9. The molecule has 0 spiro atoms. The smallest absolute Gasteiger partial charge is 0.317 e. The molecule has 0 aliphatic rings. The SMILES string of the molecule is NC(=O)C(Cc1cnc[nH]1)NC(=O)CN(CCc1ccccc1)CC(=O)O. The van der Waals surface area contributed by atoms with Gasteiger partial charge in [-0.05, 0) is 12.0 Å². The van der Waals surface area contributed by atoms with Crippen LogP contribution in [-0.2, 0) is 27.2 Å². The summed E-state index contributed by atoms with van der Waals surface area (Å²) in [5, 5.41) is 11.6. The van der Waals surface area contributed by atoms with E-state index in [1.54, 1.807) is 6.20 Å². The maximum absolute atomic E-state index is 12.3. The molecule has 9 nitrogen and oxygen atoms in total. The van der Waals surface area contributed by atoms with Crippen molar-refractivity contribution in [2.24, 2.45) is 5.73 Å². The highest BCUT2D eigenvalue weighted by Gasteiger charge is 2.21. The van der Waals surface area contributed by atoms with E-state index in [1.165, 1.54) is 11.2 Å². The van der Waals surface area contributed by atoms with E-state index in [1.807, 2.05) is 30.3 Å². The standard InChI is InChI=1S/C18H23N5O4/c19-18(27)15(8-14-9-20-12-21-14)22-16(24)10-23(11-17(25)26)7-6-13-4-2-1-3-5-13/h1-5,9,12,15H,6-8,10-11H2,(H2,19,27)(H,20,21)(H,22,24)(H,25,26). The molecule has 0 radical (unpaired) electrons. The molecule has 0 saturated carbocycles. The molecule has 27 heavy (non-hydrogen) atoms. The Morgan fingerprint density at radius 1 is 1.22 bits per heavy atom. The fourth-order valence-electron chi connectivity index (χ4n) is 2.62. The zero-order valence-electron chi connectivity index (χ0n) is 14.8. The number of carboxylic acid groups (broad SMARTS) is 1. The van der Waals surface area contributed by atoms with Gasteiger partial charge in [-0.25, -0.2) is 4.98 Å². The van der Waals surface area contributed by atoms with E-state index in [-0.39, 0.29) is 19.5 Å². The van der Waals surface area contributed by atoms with Crippen molar-refractivity contribution in [1.29, 1.82) is 0 Å². The van der Waals surface area contributed by atoms with Gasteiger partial charge in [0.25, 0.3) is 0 Å². The number of aromatic nitrogens is 2. The normalized spacial score (nSPS) is 11.9. The molecule has 1 aromatic carbocycles. The van der Waals surface area contributed by atoms with Crippen molar-refractivity contribution in [3.05, 3.63) is 54.1 Å². The van der Waals surface area contributed by atoms with Crippen molar-refractivity contribution in [1.82, 2.24) is 20.2 Å². The number of benzene rings is 1. The van der Waals surface area contributed by atoms with E-state index in [0.717, 1.165) is 5.56 Å². The number of hydrogen-bond donors (Lipinski definition) is 4. The monoisotopic (exact) mass is 373 g/mol. The minimum Gasteiger partial charge on any atom is -0.480 e. The first kappa shape index (κ1) is 20.1. The quantitative estimate of drug-likeness (QED) is 0.420. The Hall–Kier alpha value is -3.20. The number of carboxylic acids is 1. The zero-order valence-corrected chi connectivity index (χ0v) is 14.8. The summed E-state index contributed by atoms with van der Waals surface area (Å²) in [6, 6.07) is 8.67. The third kappa shape index (κ3) is 7.28. The largest absolute Gasteiger partial charge is 0.480 e. The number of imidazole rings is 1. The highest BCUT2D eigenvalue weighted by atomic mass is 16.4. The summed E-state index contributed by atoms with van der Waals surface area (Å²) in [5.74, 6) is -2.17. The number of carbonyl (C=O) groups excluding carboxylic acids is 2. The third-order valence-electron chi connectivity index (χ3n) is 3.94. The molecule has 0 bridgehead atoms. The highest BCUT2D eigenvalue weighted by molar-refractivity contribution is 5.87. The zero-order chi connectivity index (χ0) is 19.6. The number of hydrogen-bond acceptors (Lipinski definition) is 5. The Bertz CT molecular complexity index is 748. The molecule has 1 heterocycles. The van der Waals surface area contributed by atoms with E-state index in [9.17, 15) is 14.4 Å². The fraction of sp³-hybridized carbons (Fsp3) is 0.333. The van der Waals surface area contributed by atoms with Crippen molar-refractivity contribution >= 4 is 17.8 Å². The Morgan fingerprint density at radius 3 is 2.56 bits per heavy atom. The summed E-state index contributed by atoms with van der Waals surface area (Å²) >= 11 is 0. The van der Waals surface area contributed by atoms with Crippen molar-refractivity contribution < 1.29 is 19.5 Å². The number of nitrogens with zero attached hydrogens (tertiary/aromatic N) is 2. The van der Waals surface area contributed by atoms with Gasteiger partial charge in [-0.1, -0.05) is 30.3 Å². The van der Waals surface area contributed by atoms with E-state index < -0.39 is 23.8 Å². The van der Waals surface area contributed by atoms with Crippen molar-refractivity contribution in [2.75, 3.05) is 19.6 Å². The Morgan fingerprint density at radius 2 is 1.96 bits per heavy atom. The molecular formula is C18H23N5O4. The van der Waals surface area contributed by atoms with Gasteiger partial charge in [-0.2, -0.15) is 0 Å². The maximum Gasteiger partial charge on any atom is 0.317 e. The Kier molecular flexibility index (Phi) is 7.50. The third-order valence-corrected chi connectivity index (χ3v) is 3.94. The molecular weight excluding hydrogens is 350 g/mol. The molecule has 0 saturated heterocycles. The topological polar surface area (TPSA) is 141 Å². The highest BCUT2D eigenvalue weighted by Crippen LogP contribution is 2.02. The second-order valence-electron chi connectivity index (χ2n) is 6.14. The fourth-order valence-corrected chi connectivity index (χ4v) is 2.62. The summed E-state index contributed by atoms with van der Waals surface area (Å²) in [4.78, 5) is 43.2. The van der Waals surface area contributed by atoms with Crippen molar-refractivity contribution in [2.45, 2.75) is 18.9 Å². The lowest BCUT2D eigenvalue weighted by Crippen LogP contribution is -2.49. The lowest BCUT2D eigenvalue weighted by Gasteiger charge is -2.21. The first-order valence-electron chi connectivity index (χ1n) is 8.48. The average molecular weight is 373 g/mol. The van der Waals surface area contributed by atoms with Crippen LogP contribution in [0.3, 0.4) is 0 Å². The van der Waals surface area contributed by atoms with Gasteiger partial charge in [0.2, 0.25) is 11.8 Å². The number of primary amides is 1. The molecule has 144 valence electrons. The van der Waals surface area contributed by atoms with Gasteiger partial charge in [-0.15, -0.1) is 0 Å². The molecule has 9 heteroatoms. The molecule has 2 aromatic rings. The van der Waals surface area contributed by atoms with Gasteiger partial charge in [-0.3, -0.25) is 19.3 Å². The van der Waals surface area contributed by atoms with Gasteiger partial charge in [0.1, 0.15) is 6.04 Å². The summed E-state index contributed by atoms with van der Waals surface area (Å²) in [7, 11) is 0. The van der Waals surface area contributed by atoms with Gasteiger partial charge < -0.3 is 21.1 Å². The van der Waals surface area contributed by atoms with Crippen LogP contribution in [0, 0.1) is 0 Å². The van der Waals surface area contributed by atoms with Crippen LogP contribution in [0.5, 0.6) is 0 Å². The van der Waals surface area contributed by atoms with Crippen molar-refractivity contribution in [3.8, 4) is 0 Å². The molecule has 0 aliphatic heterocycles. The number of aliphatic carboxylic acids is 1. The predicted octanol–water partition coefficient (Wildman–Crippen LogP) is -0.448. The predicted molar refractivity (Wildman–Crippen MR) is 97.6 cm³/mol. The molecule has 2 rings (SSSR count). The summed E-state index contributed by atoms with van der Waals surface area (Å²) < 4.78 is 0. The van der Waals surface area contributed by atoms with E-state index in [0.29, 0.717) is 18.7 Å². The van der Waals surface area contributed by atoms with Gasteiger partial charge in [0.15, 0.2) is 0 Å². The number of nitrogens with two attached hydrogens (primary N) is 1. The van der Waals surface area contributed by atoms with Gasteiger partial charge in [0, 0.05) is 24.9 Å². The van der Waals surface area contributed by atoms with Gasteiger partial charge >= 0.3 is 5.97 Å². The summed E-state index contributed by atoms with van der Waals surface area (Å²) in [6.45, 7) is -0.0283. The number of rotatable bonds is 11. The lowest BCUT2D eigenvalue weighted by molar-refractivity contribution is -0.139. The van der Waals surface area contributed by atoms with E-state index in [4.69, 9.17) is 10.8 Å². The number of H-pyrrole nitrogens is 1. The van der Waals surface area contributed by atoms with Crippen LogP contribution < -0.4 is 11.1 Å². The van der Waals surface area contributed by atoms with Crippen LogP contribution >= 0.6 is 0 Å². The average Bonchev–Trinajstić information content (AvgIpc) is 3.12. The molecule has 1 aromatic heterocycles. The van der Waals surface area contributed by atoms with E-state index in [2.05, 4.69) is 15.3 Å². The van der Waals surface area contributed by atoms with Crippen LogP contribution in [-0.4, -0.2) is 63.4 Å². The van der Waals surface area contributed by atoms with Crippen LogP contribution in [0.1, 0.15) is 11.3 Å². The molecule has 5 N–H and O–H groups in total. The van der Waals surface area contributed by atoms with Crippen LogP contribution in [0.4, 0.5) is 0 Å². The second-order valence-corrected chi connectivity index (χ2v) is 6.14. The minimum absolute atomic E-state index is 0.147. The van der Waals surface area contributed by atoms with Crippen LogP contribution in [0.2, 0.25) is 0 Å². The van der Waals surface area contributed by atoms with E-state index >= 15 is 0 Å². The molecule has 1 atom stereocenters. The Labute approximate surface area is 156 Å². The maximum atomic E-state index is 12.3. The van der Waals surface area contributed by atoms with Crippen molar-refractivity contribution in [3.63, 3.8) is 0 Å².